The van der Waals surface area contributed by atoms with Crippen molar-refractivity contribution in [2.45, 2.75) is 51.0 Å². The summed E-state index contributed by atoms with van der Waals surface area (Å²) in [5.41, 5.74) is 1.49. The minimum absolute atomic E-state index is 0.891. The van der Waals surface area contributed by atoms with Crippen molar-refractivity contribution >= 4 is 0 Å². The summed E-state index contributed by atoms with van der Waals surface area (Å²) < 4.78 is 0. The Labute approximate surface area is 81.8 Å². The Balaban J connectivity index is 1.87. The third-order valence-electron chi connectivity index (χ3n) is 3.56. The Bertz CT molecular complexity index is 180. The van der Waals surface area contributed by atoms with Crippen LogP contribution in [0.1, 0.15) is 44.9 Å². The lowest BCUT2D eigenvalue weighted by molar-refractivity contribution is 0.222. The zero-order chi connectivity index (χ0) is 9.10. The maximum Gasteiger partial charge on any atom is 0.00984 e. The maximum absolute atomic E-state index is 4.12. The van der Waals surface area contributed by atoms with Gasteiger partial charge in [0, 0.05) is 6.04 Å². The molecule has 1 saturated carbocycles. The topological polar surface area (TPSA) is 3.24 Å². The molecule has 1 unspecified atom stereocenters. The first kappa shape index (κ1) is 9.26. The van der Waals surface area contributed by atoms with Crippen LogP contribution in [0.5, 0.6) is 0 Å². The molecule has 1 aliphatic heterocycles. The van der Waals surface area contributed by atoms with Crippen LogP contribution in [0.2, 0.25) is 0 Å². The second-order valence-electron chi connectivity index (χ2n) is 4.58. The van der Waals surface area contributed by atoms with E-state index in [0.29, 0.717) is 0 Å². The van der Waals surface area contributed by atoms with Gasteiger partial charge in [-0.25, -0.2) is 0 Å². The normalized spacial score (nSPS) is 32.0. The smallest absolute Gasteiger partial charge is 0.00984 e. The lowest BCUT2D eigenvalue weighted by atomic mass is 10.1. The predicted octanol–water partition coefficient (Wildman–Crippen LogP) is 2.97. The molecule has 1 heteroatoms. The number of allylic oxidation sites excluding steroid dienone is 1. The largest absolute Gasteiger partial charge is 0.300 e. The Morgan fingerprint density at radius 2 is 1.77 bits per heavy atom. The molecule has 1 atom stereocenters. The average molecular weight is 179 g/mol. The first-order valence-corrected chi connectivity index (χ1v) is 5.77. The zero-order valence-electron chi connectivity index (χ0n) is 8.60. The molecular weight excluding hydrogens is 158 g/mol. The monoisotopic (exact) mass is 179 g/mol. The molecule has 1 heterocycles. The zero-order valence-corrected chi connectivity index (χ0v) is 8.60. The van der Waals surface area contributed by atoms with Gasteiger partial charge < -0.3 is 4.90 Å². The highest BCUT2D eigenvalue weighted by Gasteiger charge is 2.22. The number of hydrogen-bond acceptors (Lipinski definition) is 1. The number of hydrogen-bond donors (Lipinski definition) is 0. The van der Waals surface area contributed by atoms with E-state index in [0.717, 1.165) is 6.04 Å². The molecule has 0 amide bonds. The van der Waals surface area contributed by atoms with Gasteiger partial charge >= 0.3 is 0 Å². The van der Waals surface area contributed by atoms with Crippen molar-refractivity contribution in [1.29, 1.82) is 0 Å². The van der Waals surface area contributed by atoms with Gasteiger partial charge in [0.15, 0.2) is 0 Å². The lowest BCUT2D eigenvalue weighted by Crippen LogP contribution is -2.32. The molecule has 1 nitrogen and oxygen atoms in total. The van der Waals surface area contributed by atoms with Crippen LogP contribution in [-0.4, -0.2) is 24.0 Å². The molecule has 13 heavy (non-hydrogen) atoms. The van der Waals surface area contributed by atoms with Gasteiger partial charge in [-0.2, -0.15) is 0 Å². The van der Waals surface area contributed by atoms with Crippen LogP contribution in [0, 0.1) is 0 Å². The lowest BCUT2D eigenvalue weighted by Gasteiger charge is -2.25. The molecule has 1 saturated heterocycles. The first-order valence-electron chi connectivity index (χ1n) is 5.77. The number of rotatable bonds is 1. The van der Waals surface area contributed by atoms with Gasteiger partial charge in [-0.05, 0) is 58.0 Å². The highest BCUT2D eigenvalue weighted by Crippen LogP contribution is 2.26. The molecule has 0 bridgehead atoms. The second kappa shape index (κ2) is 4.28. The molecule has 0 aromatic carbocycles. The van der Waals surface area contributed by atoms with Gasteiger partial charge in [-0.3, -0.25) is 0 Å². The fourth-order valence-corrected chi connectivity index (χ4v) is 2.70. The van der Waals surface area contributed by atoms with Crippen LogP contribution in [0.25, 0.3) is 0 Å². The van der Waals surface area contributed by atoms with Crippen molar-refractivity contribution in [2.24, 2.45) is 0 Å². The third-order valence-corrected chi connectivity index (χ3v) is 3.56. The summed E-state index contributed by atoms with van der Waals surface area (Å²) in [6.07, 6.45) is 9.58. The summed E-state index contributed by atoms with van der Waals surface area (Å²) in [4.78, 5) is 2.71. The fraction of sp³-hybridized carbons (Fsp3) is 0.833. The van der Waals surface area contributed by atoms with Gasteiger partial charge in [-0.1, -0.05) is 12.2 Å². The van der Waals surface area contributed by atoms with Crippen LogP contribution in [0.4, 0.5) is 0 Å². The Hall–Kier alpha value is -0.300. The van der Waals surface area contributed by atoms with E-state index in [4.69, 9.17) is 0 Å². The summed E-state index contributed by atoms with van der Waals surface area (Å²) in [7, 11) is 0. The molecular formula is C12H21N. The van der Waals surface area contributed by atoms with Gasteiger partial charge in [0.1, 0.15) is 0 Å². The molecule has 0 N–H and O–H groups in total. The minimum atomic E-state index is 0.891. The molecule has 1 aliphatic carbocycles. The number of likely N-dealkylation sites (tertiary alicyclic amines) is 1. The fourth-order valence-electron chi connectivity index (χ4n) is 2.70. The summed E-state index contributed by atoms with van der Waals surface area (Å²) in [5, 5.41) is 0. The van der Waals surface area contributed by atoms with Crippen LogP contribution < -0.4 is 0 Å². The molecule has 2 aliphatic rings. The van der Waals surface area contributed by atoms with E-state index >= 15 is 0 Å². The Morgan fingerprint density at radius 3 is 2.54 bits per heavy atom. The van der Waals surface area contributed by atoms with E-state index in [1.807, 2.05) is 0 Å². The maximum atomic E-state index is 4.12. The van der Waals surface area contributed by atoms with Crippen molar-refractivity contribution in [3.63, 3.8) is 0 Å². The third kappa shape index (κ3) is 2.34. The quantitative estimate of drug-likeness (QED) is 0.442. The summed E-state index contributed by atoms with van der Waals surface area (Å²) in [5.74, 6) is 0. The van der Waals surface area contributed by atoms with Crippen LogP contribution in [-0.2, 0) is 0 Å². The second-order valence-corrected chi connectivity index (χ2v) is 4.58. The highest BCUT2D eigenvalue weighted by molar-refractivity contribution is 4.98. The minimum Gasteiger partial charge on any atom is -0.300 e. The highest BCUT2D eigenvalue weighted by atomic mass is 15.2. The van der Waals surface area contributed by atoms with Crippen molar-refractivity contribution in [2.75, 3.05) is 13.1 Å². The molecule has 0 aromatic heterocycles. The molecule has 2 fully saturated rings. The standard InChI is InChI=1S/C12H21N/c1-11-5-4-6-12(8-7-11)13-9-2-3-10-13/h12H,1-10H2. The summed E-state index contributed by atoms with van der Waals surface area (Å²) >= 11 is 0. The average Bonchev–Trinajstić information content (AvgIpc) is 2.56. The SMILES string of the molecule is C=C1CCCC(N2CCCC2)CC1. The van der Waals surface area contributed by atoms with Crippen LogP contribution in [0.15, 0.2) is 12.2 Å². The van der Waals surface area contributed by atoms with E-state index < -0.39 is 0 Å². The molecule has 74 valence electrons. The summed E-state index contributed by atoms with van der Waals surface area (Å²) in [6, 6.07) is 0.891. The van der Waals surface area contributed by atoms with Crippen molar-refractivity contribution in [3.8, 4) is 0 Å². The Kier molecular flexibility index (Phi) is 3.05. The van der Waals surface area contributed by atoms with E-state index in [9.17, 15) is 0 Å². The molecule has 0 aromatic rings. The first-order chi connectivity index (χ1) is 6.36. The van der Waals surface area contributed by atoms with E-state index in [-0.39, 0.29) is 0 Å². The predicted molar refractivity (Wildman–Crippen MR) is 56.8 cm³/mol. The number of nitrogens with zero attached hydrogens (tertiary/aromatic N) is 1. The van der Waals surface area contributed by atoms with Gasteiger partial charge in [0.2, 0.25) is 0 Å². The van der Waals surface area contributed by atoms with E-state index in [2.05, 4.69) is 11.5 Å². The summed E-state index contributed by atoms with van der Waals surface area (Å²) in [6.45, 7) is 6.83. The van der Waals surface area contributed by atoms with Gasteiger partial charge in [0.25, 0.3) is 0 Å². The van der Waals surface area contributed by atoms with Crippen molar-refractivity contribution < 1.29 is 0 Å². The van der Waals surface area contributed by atoms with E-state index in [1.165, 1.54) is 63.6 Å². The van der Waals surface area contributed by atoms with Crippen LogP contribution >= 0.6 is 0 Å². The molecule has 0 spiro atoms. The molecule has 2 rings (SSSR count). The van der Waals surface area contributed by atoms with E-state index in [1.54, 1.807) is 0 Å². The Morgan fingerprint density at radius 1 is 1.00 bits per heavy atom. The van der Waals surface area contributed by atoms with Crippen molar-refractivity contribution in [1.82, 2.24) is 4.90 Å². The van der Waals surface area contributed by atoms with Crippen molar-refractivity contribution in [3.05, 3.63) is 12.2 Å². The van der Waals surface area contributed by atoms with Gasteiger partial charge in [-0.15, -0.1) is 0 Å². The van der Waals surface area contributed by atoms with Crippen LogP contribution in [0.3, 0.4) is 0 Å². The van der Waals surface area contributed by atoms with Gasteiger partial charge in [0.05, 0.1) is 0 Å². The molecule has 0 radical (unpaired) electrons.